The van der Waals surface area contributed by atoms with Gasteiger partial charge in [0, 0.05) is 25.6 Å². The van der Waals surface area contributed by atoms with Crippen LogP contribution < -0.4 is 0 Å². The van der Waals surface area contributed by atoms with Crippen LogP contribution in [0.5, 0.6) is 0 Å². The molecule has 8 rings (SSSR count). The average molecular weight is 477 g/mol. The van der Waals surface area contributed by atoms with Crippen LogP contribution in [0.3, 0.4) is 0 Å². The molecule has 0 radical (unpaired) electrons. The highest BCUT2D eigenvalue weighted by molar-refractivity contribution is 7.26. The van der Waals surface area contributed by atoms with Crippen molar-refractivity contribution in [2.75, 3.05) is 0 Å². The first kappa shape index (κ1) is 19.9. The van der Waals surface area contributed by atoms with E-state index in [9.17, 15) is 0 Å². The second-order valence-corrected chi connectivity index (χ2v) is 10.3. The molecule has 36 heavy (non-hydrogen) atoms. The van der Waals surface area contributed by atoms with Crippen LogP contribution in [0.25, 0.3) is 74.9 Å². The molecule has 0 saturated heterocycles. The lowest BCUT2D eigenvalue weighted by atomic mass is 9.85. The van der Waals surface area contributed by atoms with Gasteiger partial charge < -0.3 is 4.42 Å². The van der Waals surface area contributed by atoms with Crippen molar-refractivity contribution in [2.24, 2.45) is 0 Å². The summed E-state index contributed by atoms with van der Waals surface area (Å²) in [6.07, 6.45) is 1.80. The lowest BCUT2D eigenvalue weighted by molar-refractivity contribution is 0.619. The van der Waals surface area contributed by atoms with Crippen molar-refractivity contribution in [1.82, 2.24) is 0 Å². The second-order valence-electron chi connectivity index (χ2n) is 9.27. The number of thiophene rings is 1. The third-order valence-corrected chi connectivity index (χ3v) is 8.46. The Hall–Kier alpha value is -4.40. The van der Waals surface area contributed by atoms with Gasteiger partial charge in [0.25, 0.3) is 0 Å². The van der Waals surface area contributed by atoms with Gasteiger partial charge in [0.05, 0.1) is 6.26 Å². The predicted octanol–water partition coefficient (Wildman–Crippen LogP) is 10.4. The van der Waals surface area contributed by atoms with E-state index in [-0.39, 0.29) is 0 Å². The molecule has 0 aliphatic carbocycles. The second kappa shape index (κ2) is 7.55. The Morgan fingerprint density at radius 2 is 1.11 bits per heavy atom. The molecule has 0 N–H and O–H groups in total. The highest BCUT2D eigenvalue weighted by Gasteiger charge is 2.20. The van der Waals surface area contributed by atoms with Crippen LogP contribution in [0.1, 0.15) is 0 Å². The lowest BCUT2D eigenvalue weighted by Gasteiger charge is -2.18. The summed E-state index contributed by atoms with van der Waals surface area (Å²) < 4.78 is 8.59. The first-order valence-electron chi connectivity index (χ1n) is 12.2. The molecule has 6 aromatic carbocycles. The Balaban J connectivity index is 1.61. The third-order valence-electron chi connectivity index (χ3n) is 7.34. The minimum absolute atomic E-state index is 0.973. The van der Waals surface area contributed by atoms with E-state index in [1.165, 1.54) is 64.0 Å². The van der Waals surface area contributed by atoms with E-state index in [4.69, 9.17) is 4.42 Å². The quantitative estimate of drug-likeness (QED) is 0.226. The van der Waals surface area contributed by atoms with E-state index in [0.29, 0.717) is 0 Å². The van der Waals surface area contributed by atoms with Gasteiger partial charge in [0.15, 0.2) is 0 Å². The van der Waals surface area contributed by atoms with Crippen molar-refractivity contribution in [1.29, 1.82) is 0 Å². The Kier molecular flexibility index (Phi) is 4.16. The Morgan fingerprint density at radius 1 is 0.472 bits per heavy atom. The molecule has 0 amide bonds. The van der Waals surface area contributed by atoms with Crippen molar-refractivity contribution < 1.29 is 4.42 Å². The van der Waals surface area contributed by atoms with Gasteiger partial charge in [0.1, 0.15) is 5.58 Å². The molecule has 0 bridgehead atoms. The fourth-order valence-corrected chi connectivity index (χ4v) is 7.00. The van der Waals surface area contributed by atoms with Crippen LogP contribution in [0.4, 0.5) is 0 Å². The summed E-state index contributed by atoms with van der Waals surface area (Å²) in [5.41, 5.74) is 6.05. The summed E-state index contributed by atoms with van der Waals surface area (Å²) in [4.78, 5) is 0. The lowest BCUT2D eigenvalue weighted by Crippen LogP contribution is -1.91. The molecule has 0 aliphatic heterocycles. The number of hydrogen-bond donors (Lipinski definition) is 0. The molecule has 0 atom stereocenters. The van der Waals surface area contributed by atoms with E-state index in [1.54, 1.807) is 6.26 Å². The van der Waals surface area contributed by atoms with Crippen molar-refractivity contribution in [3.63, 3.8) is 0 Å². The zero-order valence-corrected chi connectivity index (χ0v) is 20.2. The van der Waals surface area contributed by atoms with Gasteiger partial charge >= 0.3 is 0 Å². The fourth-order valence-electron chi connectivity index (χ4n) is 5.87. The van der Waals surface area contributed by atoms with Crippen molar-refractivity contribution in [2.45, 2.75) is 0 Å². The number of fused-ring (bicyclic) bond motifs is 7. The van der Waals surface area contributed by atoms with Gasteiger partial charge in [-0.2, -0.15) is 0 Å². The molecule has 0 aliphatic rings. The van der Waals surface area contributed by atoms with Crippen molar-refractivity contribution in [3.8, 4) is 22.3 Å². The van der Waals surface area contributed by atoms with Gasteiger partial charge in [-0.1, -0.05) is 91.0 Å². The van der Waals surface area contributed by atoms with Gasteiger partial charge in [-0.15, -0.1) is 11.3 Å². The summed E-state index contributed by atoms with van der Waals surface area (Å²) >= 11 is 1.84. The summed E-state index contributed by atoms with van der Waals surface area (Å²) in [5, 5.41) is 8.73. The zero-order chi connectivity index (χ0) is 23.6. The van der Waals surface area contributed by atoms with Crippen molar-refractivity contribution in [3.05, 3.63) is 122 Å². The zero-order valence-electron chi connectivity index (χ0n) is 19.4. The molecule has 8 aromatic rings. The normalized spacial score (nSPS) is 11.9. The summed E-state index contributed by atoms with van der Waals surface area (Å²) in [6, 6.07) is 41.6. The molecule has 2 heteroatoms. The summed E-state index contributed by atoms with van der Waals surface area (Å²) in [5.74, 6) is 0. The van der Waals surface area contributed by atoms with Crippen LogP contribution >= 0.6 is 11.3 Å². The van der Waals surface area contributed by atoms with Crippen LogP contribution in [0, 0.1) is 0 Å². The van der Waals surface area contributed by atoms with Gasteiger partial charge in [-0.25, -0.2) is 0 Å². The maximum atomic E-state index is 6.05. The largest absolute Gasteiger partial charge is 0.464 e. The standard InChI is InChI=1S/C34H20OS/c1-2-9-21(10-3-1)30-23-11-4-6-13-25(23)31(26-14-7-5-12-24(26)30)27-15-8-16-28-32(27)33-29(36-28)18-17-22-19-20-35-34(22)33/h1-20H. The minimum atomic E-state index is 0.973. The molecule has 1 nitrogen and oxygen atoms in total. The van der Waals surface area contributed by atoms with Crippen LogP contribution in [-0.2, 0) is 0 Å². The number of benzene rings is 6. The summed E-state index contributed by atoms with van der Waals surface area (Å²) in [7, 11) is 0. The predicted molar refractivity (Wildman–Crippen MR) is 155 cm³/mol. The Bertz CT molecular complexity index is 2040. The molecule has 0 spiro atoms. The monoisotopic (exact) mass is 476 g/mol. The van der Waals surface area contributed by atoms with Gasteiger partial charge in [0.2, 0.25) is 0 Å². The molecular formula is C34H20OS. The average Bonchev–Trinajstić information content (AvgIpc) is 3.56. The van der Waals surface area contributed by atoms with Crippen LogP contribution in [0.2, 0.25) is 0 Å². The van der Waals surface area contributed by atoms with E-state index in [1.807, 2.05) is 11.3 Å². The van der Waals surface area contributed by atoms with Crippen molar-refractivity contribution >= 4 is 64.0 Å². The molecule has 0 saturated carbocycles. The minimum Gasteiger partial charge on any atom is -0.464 e. The van der Waals surface area contributed by atoms with Gasteiger partial charge in [-0.05, 0) is 68.1 Å². The first-order valence-corrected chi connectivity index (χ1v) is 13.0. The maximum Gasteiger partial charge on any atom is 0.143 e. The highest BCUT2D eigenvalue weighted by Crippen LogP contribution is 2.48. The molecule has 0 unspecified atom stereocenters. The Labute approximate surface area is 211 Å². The SMILES string of the molecule is c1ccc(-c2c3ccccc3c(-c3cccc4sc5ccc6ccoc6c5c34)c3ccccc23)cc1. The van der Waals surface area contributed by atoms with Crippen LogP contribution in [0.15, 0.2) is 126 Å². The highest BCUT2D eigenvalue weighted by atomic mass is 32.1. The molecule has 2 heterocycles. The fraction of sp³-hybridized carbons (Fsp3) is 0. The topological polar surface area (TPSA) is 13.1 Å². The molecule has 168 valence electrons. The van der Waals surface area contributed by atoms with E-state index in [0.717, 1.165) is 11.0 Å². The molecular weight excluding hydrogens is 456 g/mol. The summed E-state index contributed by atoms with van der Waals surface area (Å²) in [6.45, 7) is 0. The van der Waals surface area contributed by atoms with Gasteiger partial charge in [-0.3, -0.25) is 0 Å². The van der Waals surface area contributed by atoms with Crippen LogP contribution in [-0.4, -0.2) is 0 Å². The number of rotatable bonds is 2. The molecule has 0 fully saturated rings. The Morgan fingerprint density at radius 3 is 1.83 bits per heavy atom. The molecule has 2 aromatic heterocycles. The van der Waals surface area contributed by atoms with E-state index < -0.39 is 0 Å². The first-order chi connectivity index (χ1) is 17.9. The van der Waals surface area contributed by atoms with E-state index >= 15 is 0 Å². The third kappa shape index (κ3) is 2.71. The van der Waals surface area contributed by atoms with E-state index in [2.05, 4.69) is 115 Å². The smallest absolute Gasteiger partial charge is 0.143 e. The maximum absolute atomic E-state index is 6.05. The number of hydrogen-bond acceptors (Lipinski definition) is 2. The number of furan rings is 1.